The Morgan fingerprint density at radius 3 is 2.29 bits per heavy atom. The Hall–Kier alpha value is -1.40. The van der Waals surface area contributed by atoms with Crippen LogP contribution in [0.3, 0.4) is 0 Å². The summed E-state index contributed by atoms with van der Waals surface area (Å²) in [6.07, 6.45) is 2.01. The molecule has 0 aromatic heterocycles. The summed E-state index contributed by atoms with van der Waals surface area (Å²) >= 11 is 0. The van der Waals surface area contributed by atoms with Crippen molar-refractivity contribution in [3.63, 3.8) is 0 Å². The van der Waals surface area contributed by atoms with Crippen LogP contribution in [-0.4, -0.2) is 26.0 Å². The van der Waals surface area contributed by atoms with E-state index >= 15 is 0 Å². The number of carboxylic acids is 1. The van der Waals surface area contributed by atoms with Gasteiger partial charge in [0.2, 0.25) is 10.0 Å². The first-order chi connectivity index (χ1) is 9.75. The molecule has 0 heterocycles. The Kier molecular flexibility index (Phi) is 4.39. The molecule has 1 aliphatic carbocycles. The Labute approximate surface area is 125 Å². The normalized spacial score (nSPS) is 16.9. The molecule has 0 amide bonds. The van der Waals surface area contributed by atoms with Crippen molar-refractivity contribution in [2.45, 2.75) is 38.0 Å². The zero-order chi connectivity index (χ0) is 15.7. The van der Waals surface area contributed by atoms with E-state index in [-0.39, 0.29) is 16.7 Å². The summed E-state index contributed by atoms with van der Waals surface area (Å²) in [4.78, 5) is 10.8. The van der Waals surface area contributed by atoms with Crippen LogP contribution in [0.15, 0.2) is 29.2 Å². The molecule has 0 spiro atoms. The summed E-state index contributed by atoms with van der Waals surface area (Å²) < 4.78 is 27.1. The molecule has 2 N–H and O–H groups in total. The van der Waals surface area contributed by atoms with E-state index in [0.717, 1.165) is 12.8 Å². The fourth-order valence-corrected chi connectivity index (χ4v) is 3.54. The highest BCUT2D eigenvalue weighted by Crippen LogP contribution is 2.51. The van der Waals surface area contributed by atoms with Crippen LogP contribution in [-0.2, 0) is 21.2 Å². The van der Waals surface area contributed by atoms with Crippen LogP contribution in [0.5, 0.6) is 0 Å². The van der Waals surface area contributed by atoms with Gasteiger partial charge in [0, 0.05) is 6.54 Å². The van der Waals surface area contributed by atoms with Gasteiger partial charge in [-0.15, -0.1) is 0 Å². The molecule has 6 heteroatoms. The molecule has 0 saturated heterocycles. The minimum absolute atomic E-state index is 0.107. The fraction of sp³-hybridized carbons (Fsp3) is 0.533. The van der Waals surface area contributed by atoms with E-state index in [4.69, 9.17) is 5.11 Å². The third kappa shape index (κ3) is 3.83. The predicted octanol–water partition coefficient (Wildman–Crippen LogP) is 2.03. The monoisotopic (exact) mass is 311 g/mol. The Morgan fingerprint density at radius 2 is 1.86 bits per heavy atom. The van der Waals surface area contributed by atoms with Gasteiger partial charge in [-0.25, -0.2) is 13.1 Å². The average molecular weight is 311 g/mol. The lowest BCUT2D eigenvalue weighted by Crippen LogP contribution is -2.32. The van der Waals surface area contributed by atoms with Crippen LogP contribution in [0.1, 0.15) is 32.3 Å². The molecule has 1 aromatic carbocycles. The third-order valence-corrected chi connectivity index (χ3v) is 5.74. The molecule has 0 radical (unpaired) electrons. The van der Waals surface area contributed by atoms with Crippen molar-refractivity contribution in [2.75, 3.05) is 6.54 Å². The van der Waals surface area contributed by atoms with Crippen molar-refractivity contribution in [1.82, 2.24) is 4.72 Å². The van der Waals surface area contributed by atoms with Crippen LogP contribution in [0.4, 0.5) is 0 Å². The number of carbonyl (C=O) groups is 1. The van der Waals surface area contributed by atoms with Gasteiger partial charge >= 0.3 is 5.97 Å². The van der Waals surface area contributed by atoms with Crippen LogP contribution in [0, 0.1) is 11.3 Å². The van der Waals surface area contributed by atoms with Crippen molar-refractivity contribution >= 4 is 16.0 Å². The second-order valence-corrected chi connectivity index (χ2v) is 7.82. The fourth-order valence-electron chi connectivity index (χ4n) is 2.40. The highest BCUT2D eigenvalue weighted by molar-refractivity contribution is 7.89. The van der Waals surface area contributed by atoms with Gasteiger partial charge in [-0.3, -0.25) is 4.79 Å². The molecule has 0 atom stereocenters. The first-order valence-electron chi connectivity index (χ1n) is 7.06. The summed E-state index contributed by atoms with van der Waals surface area (Å²) in [7, 11) is -3.53. The Balaban J connectivity index is 2.04. The molecule has 1 saturated carbocycles. The van der Waals surface area contributed by atoms with Crippen LogP contribution in [0.25, 0.3) is 0 Å². The van der Waals surface area contributed by atoms with Crippen molar-refractivity contribution < 1.29 is 18.3 Å². The lowest BCUT2D eigenvalue weighted by Gasteiger charge is -2.20. The summed E-state index contributed by atoms with van der Waals surface area (Å²) in [6.45, 7) is 4.69. The zero-order valence-corrected chi connectivity index (χ0v) is 13.1. The highest BCUT2D eigenvalue weighted by atomic mass is 32.2. The van der Waals surface area contributed by atoms with Crippen molar-refractivity contribution in [3.8, 4) is 0 Å². The maximum Gasteiger partial charge on any atom is 0.307 e. The molecule has 0 aliphatic heterocycles. The van der Waals surface area contributed by atoms with E-state index in [0.29, 0.717) is 18.0 Å². The van der Waals surface area contributed by atoms with Gasteiger partial charge in [0.25, 0.3) is 0 Å². The van der Waals surface area contributed by atoms with Crippen LogP contribution in [0.2, 0.25) is 0 Å². The number of nitrogens with one attached hydrogen (secondary N) is 1. The van der Waals surface area contributed by atoms with Crippen LogP contribution >= 0.6 is 0 Å². The summed E-state index contributed by atoms with van der Waals surface area (Å²) in [5.41, 5.74) is 0.693. The SMILES string of the molecule is CC(C)C1(CNS(=O)(=O)c2ccc(CC(=O)O)cc2)CC1. The summed E-state index contributed by atoms with van der Waals surface area (Å²) in [5, 5.41) is 8.70. The van der Waals surface area contributed by atoms with Gasteiger partial charge in [0.05, 0.1) is 11.3 Å². The van der Waals surface area contributed by atoms with Gasteiger partial charge < -0.3 is 5.11 Å². The standard InChI is InChI=1S/C15H21NO4S/c1-11(2)15(7-8-15)10-16-21(19,20)13-5-3-12(4-6-13)9-14(17)18/h3-6,11,16H,7-10H2,1-2H3,(H,17,18). The second-order valence-electron chi connectivity index (χ2n) is 6.06. The number of aliphatic carboxylic acids is 1. The number of rotatable bonds is 7. The Bertz CT molecular complexity index is 616. The number of carboxylic acid groups (broad SMARTS) is 1. The van der Waals surface area contributed by atoms with E-state index in [1.54, 1.807) is 0 Å². The second kappa shape index (κ2) is 5.77. The van der Waals surface area contributed by atoms with Crippen molar-refractivity contribution in [2.24, 2.45) is 11.3 Å². The van der Waals surface area contributed by atoms with E-state index in [9.17, 15) is 13.2 Å². The first kappa shape index (κ1) is 16.0. The molecule has 1 aromatic rings. The van der Waals surface area contributed by atoms with Gasteiger partial charge in [0.1, 0.15) is 0 Å². The average Bonchev–Trinajstić information content (AvgIpc) is 3.18. The number of benzene rings is 1. The molecule has 1 aliphatic rings. The maximum absolute atomic E-state index is 12.2. The van der Waals surface area contributed by atoms with E-state index in [2.05, 4.69) is 18.6 Å². The molecule has 1 fully saturated rings. The largest absolute Gasteiger partial charge is 0.481 e. The van der Waals surface area contributed by atoms with Gasteiger partial charge in [-0.1, -0.05) is 26.0 Å². The van der Waals surface area contributed by atoms with Gasteiger partial charge in [-0.05, 0) is 41.9 Å². The molecule has 5 nitrogen and oxygen atoms in total. The number of hydrogen-bond donors (Lipinski definition) is 2. The summed E-state index contributed by atoms with van der Waals surface area (Å²) in [5.74, 6) is -0.477. The van der Waals surface area contributed by atoms with E-state index in [1.165, 1.54) is 24.3 Å². The van der Waals surface area contributed by atoms with E-state index in [1.807, 2.05) is 0 Å². The van der Waals surface area contributed by atoms with Gasteiger partial charge in [-0.2, -0.15) is 0 Å². The zero-order valence-electron chi connectivity index (χ0n) is 12.3. The molecule has 116 valence electrons. The summed E-state index contributed by atoms with van der Waals surface area (Å²) in [6, 6.07) is 5.99. The van der Waals surface area contributed by atoms with Crippen LogP contribution < -0.4 is 4.72 Å². The molecule has 0 bridgehead atoms. The number of hydrogen-bond acceptors (Lipinski definition) is 3. The third-order valence-electron chi connectivity index (χ3n) is 4.32. The quantitative estimate of drug-likeness (QED) is 0.807. The smallest absolute Gasteiger partial charge is 0.307 e. The molecular formula is C15H21NO4S. The predicted molar refractivity (Wildman–Crippen MR) is 79.5 cm³/mol. The molecule has 21 heavy (non-hydrogen) atoms. The minimum Gasteiger partial charge on any atom is -0.481 e. The van der Waals surface area contributed by atoms with Crippen molar-refractivity contribution in [1.29, 1.82) is 0 Å². The Morgan fingerprint density at radius 1 is 1.29 bits per heavy atom. The lowest BCUT2D eigenvalue weighted by molar-refractivity contribution is -0.136. The molecular weight excluding hydrogens is 290 g/mol. The van der Waals surface area contributed by atoms with E-state index < -0.39 is 16.0 Å². The topological polar surface area (TPSA) is 83.5 Å². The first-order valence-corrected chi connectivity index (χ1v) is 8.54. The van der Waals surface area contributed by atoms with Gasteiger partial charge in [0.15, 0.2) is 0 Å². The molecule has 2 rings (SSSR count). The lowest BCUT2D eigenvalue weighted by atomic mass is 9.93. The molecule has 0 unspecified atom stereocenters. The highest BCUT2D eigenvalue weighted by Gasteiger charge is 2.45. The number of sulfonamides is 1. The maximum atomic E-state index is 12.2. The minimum atomic E-state index is -3.53. The van der Waals surface area contributed by atoms with Crippen molar-refractivity contribution in [3.05, 3.63) is 29.8 Å².